The zero-order valence-electron chi connectivity index (χ0n) is 16.2. The van der Waals surface area contributed by atoms with E-state index < -0.39 is 17.9 Å². The van der Waals surface area contributed by atoms with Crippen LogP contribution in [0.5, 0.6) is 11.5 Å². The SMILES string of the molecule is COC(=O)C1=C(C(=O)OC)N(c2cc(C(=O)OC)cc(OC)c2OC)COC1. The Balaban J connectivity index is 2.77. The molecule has 0 bridgehead atoms. The Morgan fingerprint density at radius 3 is 2.07 bits per heavy atom. The van der Waals surface area contributed by atoms with E-state index in [0.29, 0.717) is 0 Å². The maximum Gasteiger partial charge on any atom is 0.355 e. The molecule has 0 radical (unpaired) electrons. The van der Waals surface area contributed by atoms with Gasteiger partial charge in [0.25, 0.3) is 0 Å². The zero-order valence-corrected chi connectivity index (χ0v) is 16.2. The third kappa shape index (κ3) is 3.86. The van der Waals surface area contributed by atoms with Crippen molar-refractivity contribution >= 4 is 23.6 Å². The van der Waals surface area contributed by atoms with Crippen LogP contribution in [0.1, 0.15) is 10.4 Å². The van der Waals surface area contributed by atoms with Gasteiger partial charge in [0.2, 0.25) is 0 Å². The summed E-state index contributed by atoms with van der Waals surface area (Å²) < 4.78 is 30.5. The van der Waals surface area contributed by atoms with Crippen LogP contribution in [0.4, 0.5) is 5.69 Å². The lowest BCUT2D eigenvalue weighted by atomic mass is 10.1. The standard InChI is InChI=1S/C18H21NO9/c1-23-13-7-10(16(20)25-3)6-12(15(13)24-2)19-9-28-8-11(17(21)26-4)14(19)18(22)27-5/h6-7H,8-9H2,1-5H3. The normalized spacial score (nSPS) is 13.7. The predicted octanol–water partition coefficient (Wildman–Crippen LogP) is 0.885. The van der Waals surface area contributed by atoms with Crippen molar-refractivity contribution in [2.24, 2.45) is 0 Å². The summed E-state index contributed by atoms with van der Waals surface area (Å²) in [6.45, 7) is -0.265. The Morgan fingerprint density at radius 2 is 1.54 bits per heavy atom. The fourth-order valence-corrected chi connectivity index (χ4v) is 2.71. The van der Waals surface area contributed by atoms with Crippen molar-refractivity contribution < 1.29 is 42.8 Å². The van der Waals surface area contributed by atoms with Crippen LogP contribution in [0.25, 0.3) is 0 Å². The van der Waals surface area contributed by atoms with Crippen LogP contribution in [0, 0.1) is 0 Å². The number of carbonyl (C=O) groups excluding carboxylic acids is 3. The number of hydrogen-bond donors (Lipinski definition) is 0. The Hall–Kier alpha value is -3.27. The molecule has 0 atom stereocenters. The predicted molar refractivity (Wildman–Crippen MR) is 95.2 cm³/mol. The summed E-state index contributed by atoms with van der Waals surface area (Å²) in [6, 6.07) is 2.86. The highest BCUT2D eigenvalue weighted by Gasteiger charge is 2.35. The fraction of sp³-hybridized carbons (Fsp3) is 0.389. The minimum absolute atomic E-state index is 0.0370. The van der Waals surface area contributed by atoms with Crippen molar-refractivity contribution in [3.8, 4) is 11.5 Å². The molecule has 0 spiro atoms. The number of benzene rings is 1. The third-order valence-electron chi connectivity index (χ3n) is 4.00. The number of rotatable bonds is 6. The van der Waals surface area contributed by atoms with Gasteiger partial charge in [0.05, 0.1) is 59.0 Å². The van der Waals surface area contributed by atoms with Gasteiger partial charge in [0, 0.05) is 0 Å². The van der Waals surface area contributed by atoms with Gasteiger partial charge < -0.3 is 33.3 Å². The smallest absolute Gasteiger partial charge is 0.355 e. The molecule has 1 aliphatic rings. The van der Waals surface area contributed by atoms with Gasteiger partial charge in [-0.3, -0.25) is 0 Å². The molecule has 1 heterocycles. The van der Waals surface area contributed by atoms with Gasteiger partial charge in [-0.15, -0.1) is 0 Å². The van der Waals surface area contributed by atoms with Crippen LogP contribution in [0.2, 0.25) is 0 Å². The number of methoxy groups -OCH3 is 5. The molecule has 0 N–H and O–H groups in total. The van der Waals surface area contributed by atoms with Crippen molar-refractivity contribution in [1.29, 1.82) is 0 Å². The van der Waals surface area contributed by atoms with Gasteiger partial charge in [-0.05, 0) is 12.1 Å². The van der Waals surface area contributed by atoms with Crippen molar-refractivity contribution in [2.45, 2.75) is 0 Å². The second-order valence-electron chi connectivity index (χ2n) is 5.44. The van der Waals surface area contributed by atoms with Crippen molar-refractivity contribution in [3.63, 3.8) is 0 Å². The lowest BCUT2D eigenvalue weighted by Gasteiger charge is -2.32. The molecule has 0 amide bonds. The Morgan fingerprint density at radius 1 is 0.893 bits per heavy atom. The lowest BCUT2D eigenvalue weighted by molar-refractivity contribution is -0.140. The highest BCUT2D eigenvalue weighted by molar-refractivity contribution is 6.04. The van der Waals surface area contributed by atoms with E-state index in [1.54, 1.807) is 0 Å². The molecule has 0 saturated carbocycles. The molecule has 10 heteroatoms. The summed E-state index contributed by atoms with van der Waals surface area (Å²) in [4.78, 5) is 38.0. The quantitative estimate of drug-likeness (QED) is 0.508. The van der Waals surface area contributed by atoms with E-state index in [1.165, 1.54) is 52.6 Å². The van der Waals surface area contributed by atoms with Crippen molar-refractivity contribution in [2.75, 3.05) is 53.8 Å². The summed E-state index contributed by atoms with van der Waals surface area (Å²) in [5, 5.41) is 0. The lowest BCUT2D eigenvalue weighted by Crippen LogP contribution is -2.39. The second-order valence-corrected chi connectivity index (χ2v) is 5.44. The average Bonchev–Trinajstić information content (AvgIpc) is 2.75. The second kappa shape index (κ2) is 9.09. The van der Waals surface area contributed by atoms with Gasteiger partial charge in [-0.25, -0.2) is 14.4 Å². The largest absolute Gasteiger partial charge is 0.493 e. The number of esters is 3. The van der Waals surface area contributed by atoms with E-state index >= 15 is 0 Å². The summed E-state index contributed by atoms with van der Waals surface area (Å²) in [6.07, 6.45) is 0. The molecular weight excluding hydrogens is 374 g/mol. The van der Waals surface area contributed by atoms with E-state index in [2.05, 4.69) is 0 Å². The van der Waals surface area contributed by atoms with Crippen molar-refractivity contribution in [1.82, 2.24) is 0 Å². The van der Waals surface area contributed by atoms with Gasteiger partial charge in [0.15, 0.2) is 11.5 Å². The first kappa shape index (κ1) is 21.0. The van der Waals surface area contributed by atoms with Crippen LogP contribution < -0.4 is 14.4 Å². The van der Waals surface area contributed by atoms with E-state index in [4.69, 9.17) is 28.4 Å². The molecule has 0 unspecified atom stereocenters. The first-order chi connectivity index (χ1) is 13.4. The Kier molecular flexibility index (Phi) is 6.83. The van der Waals surface area contributed by atoms with Crippen LogP contribution in [-0.2, 0) is 28.5 Å². The monoisotopic (exact) mass is 395 g/mol. The number of anilines is 1. The molecule has 1 aliphatic heterocycles. The Labute approximate surface area is 161 Å². The minimum Gasteiger partial charge on any atom is -0.493 e. The number of ether oxygens (including phenoxy) is 6. The average molecular weight is 395 g/mol. The molecule has 0 aromatic heterocycles. The first-order valence-corrected chi connectivity index (χ1v) is 8.02. The highest BCUT2D eigenvalue weighted by Crippen LogP contribution is 2.41. The highest BCUT2D eigenvalue weighted by atomic mass is 16.5. The van der Waals surface area contributed by atoms with Gasteiger partial charge in [0.1, 0.15) is 12.4 Å². The fourth-order valence-electron chi connectivity index (χ4n) is 2.71. The molecule has 2 rings (SSSR count). The number of carbonyl (C=O) groups is 3. The third-order valence-corrected chi connectivity index (χ3v) is 4.00. The molecule has 0 saturated heterocycles. The summed E-state index contributed by atoms with van der Waals surface area (Å²) in [5.41, 5.74) is 0.251. The molecule has 0 aliphatic carbocycles. The van der Waals surface area contributed by atoms with Crippen LogP contribution in [0.15, 0.2) is 23.4 Å². The molecule has 1 aromatic rings. The molecular formula is C18H21NO9. The minimum atomic E-state index is -0.784. The van der Waals surface area contributed by atoms with Gasteiger partial charge >= 0.3 is 17.9 Å². The zero-order chi connectivity index (χ0) is 20.8. The number of hydrogen-bond acceptors (Lipinski definition) is 10. The van der Waals surface area contributed by atoms with E-state index in [-0.39, 0.29) is 47.4 Å². The first-order valence-electron chi connectivity index (χ1n) is 8.02. The van der Waals surface area contributed by atoms with Crippen LogP contribution >= 0.6 is 0 Å². The van der Waals surface area contributed by atoms with Gasteiger partial charge in [-0.1, -0.05) is 0 Å². The topological polar surface area (TPSA) is 110 Å². The van der Waals surface area contributed by atoms with Gasteiger partial charge in [-0.2, -0.15) is 0 Å². The molecule has 0 fully saturated rings. The van der Waals surface area contributed by atoms with E-state index in [9.17, 15) is 14.4 Å². The Bertz CT molecular complexity index is 816. The number of nitrogens with zero attached hydrogens (tertiary/aromatic N) is 1. The summed E-state index contributed by atoms with van der Waals surface area (Å²) in [5.74, 6) is -1.73. The van der Waals surface area contributed by atoms with E-state index in [0.717, 1.165) is 0 Å². The van der Waals surface area contributed by atoms with Crippen molar-refractivity contribution in [3.05, 3.63) is 29.0 Å². The van der Waals surface area contributed by atoms with Crippen LogP contribution in [-0.4, -0.2) is 66.8 Å². The maximum atomic E-state index is 12.5. The molecule has 152 valence electrons. The summed E-state index contributed by atoms with van der Waals surface area (Å²) >= 11 is 0. The van der Waals surface area contributed by atoms with E-state index in [1.807, 2.05) is 0 Å². The summed E-state index contributed by atoms with van der Waals surface area (Å²) in [7, 11) is 6.39. The maximum absolute atomic E-state index is 12.5. The molecule has 28 heavy (non-hydrogen) atoms. The molecule has 1 aromatic carbocycles. The molecule has 10 nitrogen and oxygen atoms in total. The van der Waals surface area contributed by atoms with Crippen LogP contribution in [0.3, 0.4) is 0 Å².